The number of rotatable bonds is 4. The molecule has 0 spiro atoms. The van der Waals surface area contributed by atoms with Crippen LogP contribution in [-0.4, -0.2) is 18.4 Å². The number of hydrogen-bond acceptors (Lipinski definition) is 2. The quantitative estimate of drug-likeness (QED) is 0.880. The van der Waals surface area contributed by atoms with Crippen LogP contribution in [-0.2, 0) is 10.2 Å². The third-order valence-corrected chi connectivity index (χ3v) is 3.77. The Hall–Kier alpha value is -2.33. The molecule has 0 heterocycles. The molecule has 2 amide bonds. The standard InChI is InChI=1S/C19H21ClN2O2/c1-19(2,3)14-9-7-13(8-10-14)18(24)21-12-17(23)22-16-6-4-5-15(20)11-16/h4-11H,12H2,1-3H3,(H,21,24)(H,22,23). The summed E-state index contributed by atoms with van der Waals surface area (Å²) in [5.74, 6) is -0.589. The molecule has 0 radical (unpaired) electrons. The molecule has 2 N–H and O–H groups in total. The molecule has 2 rings (SSSR count). The van der Waals surface area contributed by atoms with Crippen molar-refractivity contribution in [3.63, 3.8) is 0 Å². The van der Waals surface area contributed by atoms with Gasteiger partial charge in [-0.3, -0.25) is 9.59 Å². The molecular formula is C19H21ClN2O2. The summed E-state index contributed by atoms with van der Waals surface area (Å²) in [6, 6.07) is 14.2. The Bertz CT molecular complexity index is 734. The van der Waals surface area contributed by atoms with E-state index < -0.39 is 0 Å². The lowest BCUT2D eigenvalue weighted by Gasteiger charge is -2.19. The van der Waals surface area contributed by atoms with Gasteiger partial charge in [0.05, 0.1) is 6.54 Å². The number of nitrogens with one attached hydrogen (secondary N) is 2. The second kappa shape index (κ2) is 7.49. The number of halogens is 1. The van der Waals surface area contributed by atoms with E-state index in [9.17, 15) is 9.59 Å². The monoisotopic (exact) mass is 344 g/mol. The fraction of sp³-hybridized carbons (Fsp3) is 0.263. The van der Waals surface area contributed by atoms with E-state index in [1.165, 1.54) is 0 Å². The lowest BCUT2D eigenvalue weighted by molar-refractivity contribution is -0.115. The molecule has 2 aromatic rings. The highest BCUT2D eigenvalue weighted by atomic mass is 35.5. The normalized spacial score (nSPS) is 11.0. The second-order valence-corrected chi connectivity index (χ2v) is 7.00. The third kappa shape index (κ3) is 5.10. The molecule has 5 heteroatoms. The zero-order chi connectivity index (χ0) is 17.7. The summed E-state index contributed by atoms with van der Waals surface area (Å²) in [7, 11) is 0. The summed E-state index contributed by atoms with van der Waals surface area (Å²) in [5.41, 5.74) is 2.30. The van der Waals surface area contributed by atoms with Crippen molar-refractivity contribution in [1.29, 1.82) is 0 Å². The highest BCUT2D eigenvalue weighted by Gasteiger charge is 2.14. The van der Waals surface area contributed by atoms with E-state index >= 15 is 0 Å². The molecule has 2 aromatic carbocycles. The zero-order valence-corrected chi connectivity index (χ0v) is 14.8. The first-order valence-corrected chi connectivity index (χ1v) is 8.08. The van der Waals surface area contributed by atoms with Gasteiger partial charge in [-0.2, -0.15) is 0 Å². The lowest BCUT2D eigenvalue weighted by atomic mass is 9.87. The zero-order valence-electron chi connectivity index (χ0n) is 14.0. The molecule has 0 bridgehead atoms. The van der Waals surface area contributed by atoms with Crippen LogP contribution in [0, 0.1) is 0 Å². The summed E-state index contributed by atoms with van der Waals surface area (Å²) in [6.45, 7) is 6.24. The maximum absolute atomic E-state index is 12.1. The average molecular weight is 345 g/mol. The summed E-state index contributed by atoms with van der Waals surface area (Å²) >= 11 is 5.86. The minimum atomic E-state index is -0.308. The van der Waals surface area contributed by atoms with Gasteiger partial charge in [-0.05, 0) is 41.3 Å². The van der Waals surface area contributed by atoms with Crippen molar-refractivity contribution in [2.45, 2.75) is 26.2 Å². The predicted octanol–water partition coefficient (Wildman–Crippen LogP) is 4.01. The average Bonchev–Trinajstić information content (AvgIpc) is 2.52. The molecule has 0 saturated heterocycles. The Balaban J connectivity index is 1.89. The largest absolute Gasteiger partial charge is 0.343 e. The Morgan fingerprint density at radius 3 is 2.29 bits per heavy atom. The van der Waals surface area contributed by atoms with Crippen LogP contribution >= 0.6 is 11.6 Å². The molecule has 0 aliphatic carbocycles. The van der Waals surface area contributed by atoms with Crippen LogP contribution in [0.2, 0.25) is 5.02 Å². The van der Waals surface area contributed by atoms with Crippen molar-refractivity contribution in [2.75, 3.05) is 11.9 Å². The van der Waals surface area contributed by atoms with E-state index in [2.05, 4.69) is 31.4 Å². The first kappa shape index (κ1) is 18.0. The van der Waals surface area contributed by atoms with Crippen LogP contribution in [0.3, 0.4) is 0 Å². The Kier molecular flexibility index (Phi) is 5.62. The van der Waals surface area contributed by atoms with Gasteiger partial charge in [0.2, 0.25) is 5.91 Å². The molecule has 0 atom stereocenters. The van der Waals surface area contributed by atoms with E-state index in [0.29, 0.717) is 16.3 Å². The van der Waals surface area contributed by atoms with Gasteiger partial charge >= 0.3 is 0 Å². The summed E-state index contributed by atoms with van der Waals surface area (Å²) < 4.78 is 0. The summed E-state index contributed by atoms with van der Waals surface area (Å²) in [4.78, 5) is 24.0. The van der Waals surface area contributed by atoms with Crippen molar-refractivity contribution in [1.82, 2.24) is 5.32 Å². The lowest BCUT2D eigenvalue weighted by Crippen LogP contribution is -2.32. The van der Waals surface area contributed by atoms with Crippen molar-refractivity contribution < 1.29 is 9.59 Å². The van der Waals surface area contributed by atoms with E-state index in [-0.39, 0.29) is 23.8 Å². The summed E-state index contributed by atoms with van der Waals surface area (Å²) in [5, 5.41) is 5.83. The first-order valence-electron chi connectivity index (χ1n) is 7.70. The predicted molar refractivity (Wildman–Crippen MR) is 97.6 cm³/mol. The highest BCUT2D eigenvalue weighted by Crippen LogP contribution is 2.22. The van der Waals surface area contributed by atoms with E-state index in [1.54, 1.807) is 36.4 Å². The van der Waals surface area contributed by atoms with Gasteiger partial charge in [-0.25, -0.2) is 0 Å². The number of amides is 2. The Labute approximate surface area is 147 Å². The maximum Gasteiger partial charge on any atom is 0.251 e. The van der Waals surface area contributed by atoms with Gasteiger partial charge in [0.15, 0.2) is 0 Å². The minimum absolute atomic E-state index is 0.0336. The molecule has 24 heavy (non-hydrogen) atoms. The Morgan fingerprint density at radius 1 is 1.04 bits per heavy atom. The van der Waals surface area contributed by atoms with E-state index in [1.807, 2.05) is 12.1 Å². The highest BCUT2D eigenvalue weighted by molar-refractivity contribution is 6.30. The van der Waals surface area contributed by atoms with Gasteiger partial charge in [-0.1, -0.05) is 50.6 Å². The maximum atomic E-state index is 12.1. The molecule has 0 aliphatic heterocycles. The molecule has 0 unspecified atom stereocenters. The molecule has 0 saturated carbocycles. The van der Waals surface area contributed by atoms with Crippen LogP contribution in [0.4, 0.5) is 5.69 Å². The van der Waals surface area contributed by atoms with Gasteiger partial charge in [0, 0.05) is 16.3 Å². The molecule has 4 nitrogen and oxygen atoms in total. The van der Waals surface area contributed by atoms with Gasteiger partial charge in [-0.15, -0.1) is 0 Å². The topological polar surface area (TPSA) is 58.2 Å². The van der Waals surface area contributed by atoms with Crippen LogP contribution in [0.15, 0.2) is 48.5 Å². The summed E-state index contributed by atoms with van der Waals surface area (Å²) in [6.07, 6.45) is 0. The van der Waals surface area contributed by atoms with Gasteiger partial charge in [0.1, 0.15) is 0 Å². The molecule has 0 aromatic heterocycles. The fourth-order valence-corrected chi connectivity index (χ4v) is 2.35. The third-order valence-electron chi connectivity index (χ3n) is 3.53. The van der Waals surface area contributed by atoms with E-state index in [4.69, 9.17) is 11.6 Å². The molecule has 0 aliphatic rings. The number of carbonyl (C=O) groups is 2. The smallest absolute Gasteiger partial charge is 0.251 e. The van der Waals surface area contributed by atoms with E-state index in [0.717, 1.165) is 5.56 Å². The molecule has 0 fully saturated rings. The van der Waals surface area contributed by atoms with Gasteiger partial charge < -0.3 is 10.6 Å². The molecular weight excluding hydrogens is 324 g/mol. The Morgan fingerprint density at radius 2 is 1.71 bits per heavy atom. The minimum Gasteiger partial charge on any atom is -0.343 e. The van der Waals surface area contributed by atoms with Crippen molar-refractivity contribution in [3.05, 3.63) is 64.7 Å². The number of carbonyl (C=O) groups excluding carboxylic acids is 2. The first-order chi connectivity index (χ1) is 11.3. The SMILES string of the molecule is CC(C)(C)c1ccc(C(=O)NCC(=O)Nc2cccc(Cl)c2)cc1. The van der Waals surface area contributed by atoms with Crippen molar-refractivity contribution in [2.24, 2.45) is 0 Å². The van der Waals surface area contributed by atoms with Crippen molar-refractivity contribution >= 4 is 29.1 Å². The number of anilines is 1. The van der Waals surface area contributed by atoms with Crippen LogP contribution in [0.25, 0.3) is 0 Å². The second-order valence-electron chi connectivity index (χ2n) is 6.57. The van der Waals surface area contributed by atoms with Gasteiger partial charge in [0.25, 0.3) is 5.91 Å². The van der Waals surface area contributed by atoms with Crippen LogP contribution < -0.4 is 10.6 Å². The molecule has 126 valence electrons. The number of benzene rings is 2. The fourth-order valence-electron chi connectivity index (χ4n) is 2.16. The van der Waals surface area contributed by atoms with Crippen LogP contribution in [0.1, 0.15) is 36.7 Å². The number of hydrogen-bond donors (Lipinski definition) is 2. The van der Waals surface area contributed by atoms with Crippen molar-refractivity contribution in [3.8, 4) is 0 Å². The van der Waals surface area contributed by atoms with Crippen LogP contribution in [0.5, 0.6) is 0 Å².